The number of carbonyl (C=O) groups is 2. The van der Waals surface area contributed by atoms with Crippen molar-refractivity contribution in [3.05, 3.63) is 54.1 Å². The molecule has 9 heteroatoms. The van der Waals surface area contributed by atoms with Gasteiger partial charge in [-0.15, -0.1) is 0 Å². The quantitative estimate of drug-likeness (QED) is 0.577. The molecule has 2 aromatic rings. The molecule has 0 aromatic heterocycles. The largest absolute Gasteiger partial charge is 0.454 e. The van der Waals surface area contributed by atoms with Crippen molar-refractivity contribution in [2.45, 2.75) is 6.61 Å². The molecule has 3 rings (SSSR count). The first-order chi connectivity index (χ1) is 13.5. The Kier molecular flexibility index (Phi) is 6.05. The summed E-state index contributed by atoms with van der Waals surface area (Å²) in [7, 11) is 0. The van der Waals surface area contributed by atoms with E-state index in [2.05, 4.69) is 10.1 Å². The van der Waals surface area contributed by atoms with E-state index in [1.54, 1.807) is 18.2 Å². The van der Waals surface area contributed by atoms with E-state index in [4.69, 9.17) is 14.2 Å². The standard InChI is InChI=1S/C19H15F2NO6/c20-19(21)28-14-4-2-1-3-13(14)22-17(23)10-25-18(24)8-6-12-5-7-15-16(9-12)27-11-26-15/h1-9,19H,10-11H2,(H,22,23)/b8-6+. The molecule has 0 unspecified atom stereocenters. The highest BCUT2D eigenvalue weighted by molar-refractivity contribution is 5.95. The Balaban J connectivity index is 1.50. The molecular formula is C19H15F2NO6. The third-order valence-corrected chi connectivity index (χ3v) is 3.53. The van der Waals surface area contributed by atoms with Crippen LogP contribution in [-0.4, -0.2) is 31.9 Å². The highest BCUT2D eigenvalue weighted by Crippen LogP contribution is 2.32. The van der Waals surface area contributed by atoms with Crippen molar-refractivity contribution in [1.82, 2.24) is 0 Å². The number of alkyl halides is 2. The van der Waals surface area contributed by atoms with Crippen LogP contribution in [0.2, 0.25) is 0 Å². The summed E-state index contributed by atoms with van der Waals surface area (Å²) in [6.07, 6.45) is 2.65. The summed E-state index contributed by atoms with van der Waals surface area (Å²) in [5.74, 6) is -0.452. The molecule has 0 atom stereocenters. The number of esters is 1. The molecule has 1 N–H and O–H groups in total. The number of halogens is 2. The van der Waals surface area contributed by atoms with Crippen LogP contribution in [-0.2, 0) is 14.3 Å². The van der Waals surface area contributed by atoms with Crippen LogP contribution in [0.3, 0.4) is 0 Å². The molecule has 2 aromatic carbocycles. The van der Waals surface area contributed by atoms with Crippen LogP contribution in [0.5, 0.6) is 17.2 Å². The minimum absolute atomic E-state index is 0.0414. The lowest BCUT2D eigenvalue weighted by atomic mass is 10.2. The number of hydrogen-bond donors (Lipinski definition) is 1. The van der Waals surface area contributed by atoms with Gasteiger partial charge in [0.15, 0.2) is 18.1 Å². The number of ether oxygens (including phenoxy) is 4. The van der Waals surface area contributed by atoms with Gasteiger partial charge in [-0.25, -0.2) is 4.79 Å². The Bertz CT molecular complexity index is 900. The first kappa shape index (κ1) is 19.2. The van der Waals surface area contributed by atoms with E-state index < -0.39 is 25.1 Å². The minimum atomic E-state index is -3.03. The molecule has 28 heavy (non-hydrogen) atoms. The summed E-state index contributed by atoms with van der Waals surface area (Å²) in [6, 6.07) is 10.8. The lowest BCUT2D eigenvalue weighted by molar-refractivity contribution is -0.142. The van der Waals surface area contributed by atoms with Gasteiger partial charge in [0.25, 0.3) is 5.91 Å². The average molecular weight is 391 g/mol. The number of anilines is 1. The Hall–Kier alpha value is -3.62. The second-order valence-electron chi connectivity index (χ2n) is 5.48. The molecule has 1 aliphatic rings. The summed E-state index contributed by atoms with van der Waals surface area (Å²) in [5.41, 5.74) is 0.725. The first-order valence-corrected chi connectivity index (χ1v) is 8.09. The Labute approximate surface area is 158 Å². The molecule has 0 saturated carbocycles. The lowest BCUT2D eigenvalue weighted by Gasteiger charge is -2.11. The SMILES string of the molecule is O=C(COC(=O)/C=C/c1ccc2c(c1)OCO2)Nc1ccccc1OC(F)F. The second-order valence-corrected chi connectivity index (χ2v) is 5.48. The molecule has 1 heterocycles. The lowest BCUT2D eigenvalue weighted by Crippen LogP contribution is -2.20. The fraction of sp³-hybridized carbons (Fsp3) is 0.158. The zero-order valence-corrected chi connectivity index (χ0v) is 14.4. The molecule has 0 spiro atoms. The van der Waals surface area contributed by atoms with Crippen molar-refractivity contribution in [3.8, 4) is 17.2 Å². The molecule has 0 saturated heterocycles. The van der Waals surface area contributed by atoms with Crippen molar-refractivity contribution >= 4 is 23.6 Å². The fourth-order valence-electron chi connectivity index (χ4n) is 2.32. The summed E-state index contributed by atoms with van der Waals surface area (Å²) in [6.45, 7) is -3.48. The van der Waals surface area contributed by atoms with Gasteiger partial charge in [-0.3, -0.25) is 4.79 Å². The third-order valence-electron chi connectivity index (χ3n) is 3.53. The van der Waals surface area contributed by atoms with Gasteiger partial charge >= 0.3 is 12.6 Å². The van der Waals surface area contributed by atoms with Gasteiger partial charge in [0.1, 0.15) is 5.75 Å². The summed E-state index contributed by atoms with van der Waals surface area (Å²) >= 11 is 0. The minimum Gasteiger partial charge on any atom is -0.454 e. The third kappa shape index (κ3) is 5.19. The topological polar surface area (TPSA) is 83.1 Å². The number of para-hydroxylation sites is 2. The van der Waals surface area contributed by atoms with Crippen LogP contribution in [0.25, 0.3) is 6.08 Å². The highest BCUT2D eigenvalue weighted by Gasteiger charge is 2.14. The summed E-state index contributed by atoms with van der Waals surface area (Å²) < 4.78 is 44.3. The molecule has 0 aliphatic carbocycles. The smallest absolute Gasteiger partial charge is 0.387 e. The molecule has 7 nitrogen and oxygen atoms in total. The van der Waals surface area contributed by atoms with Crippen LogP contribution < -0.4 is 19.5 Å². The first-order valence-electron chi connectivity index (χ1n) is 8.09. The van der Waals surface area contributed by atoms with Gasteiger partial charge in [-0.2, -0.15) is 8.78 Å². The fourth-order valence-corrected chi connectivity index (χ4v) is 2.32. The Morgan fingerprint density at radius 2 is 1.93 bits per heavy atom. The van der Waals surface area contributed by atoms with Crippen LogP contribution >= 0.6 is 0 Å². The van der Waals surface area contributed by atoms with E-state index >= 15 is 0 Å². The van der Waals surface area contributed by atoms with E-state index in [9.17, 15) is 18.4 Å². The molecule has 0 radical (unpaired) electrons. The zero-order valence-electron chi connectivity index (χ0n) is 14.4. The number of rotatable bonds is 7. The van der Waals surface area contributed by atoms with Crippen molar-refractivity contribution in [3.63, 3.8) is 0 Å². The Morgan fingerprint density at radius 1 is 1.14 bits per heavy atom. The predicted octanol–water partition coefficient (Wildman–Crippen LogP) is 3.21. The van der Waals surface area contributed by atoms with Crippen LogP contribution in [0.4, 0.5) is 14.5 Å². The van der Waals surface area contributed by atoms with Crippen molar-refractivity contribution in [2.75, 3.05) is 18.7 Å². The maximum atomic E-state index is 12.4. The molecule has 0 bridgehead atoms. The van der Waals surface area contributed by atoms with Crippen LogP contribution in [0.15, 0.2) is 48.5 Å². The van der Waals surface area contributed by atoms with E-state index in [1.165, 1.54) is 30.3 Å². The normalized spacial score (nSPS) is 12.2. The maximum Gasteiger partial charge on any atom is 0.387 e. The number of fused-ring (bicyclic) bond motifs is 1. The zero-order chi connectivity index (χ0) is 19.9. The maximum absolute atomic E-state index is 12.4. The van der Waals surface area contributed by atoms with Crippen molar-refractivity contribution in [1.29, 1.82) is 0 Å². The van der Waals surface area contributed by atoms with Crippen molar-refractivity contribution in [2.24, 2.45) is 0 Å². The van der Waals surface area contributed by atoms with Gasteiger partial charge in [0.2, 0.25) is 6.79 Å². The van der Waals surface area contributed by atoms with Crippen LogP contribution in [0, 0.1) is 0 Å². The molecule has 146 valence electrons. The number of hydrogen-bond acceptors (Lipinski definition) is 6. The second kappa shape index (κ2) is 8.85. The molecule has 1 amide bonds. The van der Waals surface area contributed by atoms with Gasteiger partial charge < -0.3 is 24.3 Å². The van der Waals surface area contributed by atoms with E-state index in [0.29, 0.717) is 17.1 Å². The van der Waals surface area contributed by atoms with Gasteiger partial charge in [0, 0.05) is 6.08 Å². The Morgan fingerprint density at radius 3 is 2.75 bits per heavy atom. The summed E-state index contributed by atoms with van der Waals surface area (Å²) in [4.78, 5) is 23.6. The highest BCUT2D eigenvalue weighted by atomic mass is 19.3. The number of nitrogens with one attached hydrogen (secondary N) is 1. The van der Waals surface area contributed by atoms with Gasteiger partial charge in [-0.05, 0) is 35.9 Å². The molecule has 1 aliphatic heterocycles. The van der Waals surface area contributed by atoms with E-state index in [1.807, 2.05) is 0 Å². The monoisotopic (exact) mass is 391 g/mol. The van der Waals surface area contributed by atoms with E-state index in [-0.39, 0.29) is 18.2 Å². The van der Waals surface area contributed by atoms with Gasteiger partial charge in [0.05, 0.1) is 5.69 Å². The van der Waals surface area contributed by atoms with Crippen LogP contribution in [0.1, 0.15) is 5.56 Å². The number of carbonyl (C=O) groups excluding carboxylic acids is 2. The van der Waals surface area contributed by atoms with E-state index in [0.717, 1.165) is 6.08 Å². The molecular weight excluding hydrogens is 376 g/mol. The summed E-state index contributed by atoms with van der Waals surface area (Å²) in [5, 5.41) is 2.34. The van der Waals surface area contributed by atoms with Crippen molar-refractivity contribution < 1.29 is 37.3 Å². The number of benzene rings is 2. The van der Waals surface area contributed by atoms with Gasteiger partial charge in [-0.1, -0.05) is 18.2 Å². The molecule has 0 fully saturated rings. The average Bonchev–Trinajstić information content (AvgIpc) is 3.13. The predicted molar refractivity (Wildman–Crippen MR) is 94.3 cm³/mol. The number of amides is 1.